The first kappa shape index (κ1) is 21.4. The lowest BCUT2D eigenvalue weighted by Crippen LogP contribution is -2.11. The summed E-state index contributed by atoms with van der Waals surface area (Å²) < 4.78 is 7.43. The fourth-order valence-corrected chi connectivity index (χ4v) is 3.26. The van der Waals surface area contributed by atoms with Crippen LogP contribution in [0, 0.1) is 0 Å². The lowest BCUT2D eigenvalue weighted by Gasteiger charge is -2.08. The van der Waals surface area contributed by atoms with Gasteiger partial charge in [-0.05, 0) is 62.2 Å². The molecular weight excluding hydrogens is 381 g/mol. The second-order valence-corrected chi connectivity index (χ2v) is 6.14. The van der Waals surface area contributed by atoms with Gasteiger partial charge in [-0.1, -0.05) is 6.07 Å². The van der Waals surface area contributed by atoms with Crippen LogP contribution < -0.4 is 15.6 Å². The fourth-order valence-electron chi connectivity index (χ4n) is 2.33. The predicted molar refractivity (Wildman–Crippen MR) is 108 cm³/mol. The van der Waals surface area contributed by atoms with Gasteiger partial charge in [0.1, 0.15) is 10.6 Å². The Hall–Kier alpha value is -1.60. The third-order valence-corrected chi connectivity index (χ3v) is 4.56. The minimum atomic E-state index is -0.0377. The number of pyridine rings is 1. The molecule has 3 rings (SSSR count). The zero-order chi connectivity index (χ0) is 16.1. The van der Waals surface area contributed by atoms with Gasteiger partial charge in [-0.25, -0.2) is 8.94 Å². The highest BCUT2D eigenvalue weighted by Crippen LogP contribution is 2.21. The molecule has 0 atom stereocenters. The monoisotopic (exact) mass is 401 g/mol. The minimum Gasteiger partial charge on any atom is -0.494 e. The zero-order valence-corrected chi connectivity index (χ0v) is 16.3. The predicted octanol–water partition coefficient (Wildman–Crippen LogP) is 3.67. The third-order valence-electron chi connectivity index (χ3n) is 3.51. The number of fused-ring (bicyclic) bond motifs is 1. The number of nitrogens with zero attached hydrogens (tertiary/aromatic N) is 2. The average molecular weight is 402 g/mol. The molecule has 0 saturated heterocycles. The number of benzene rings is 1. The van der Waals surface area contributed by atoms with E-state index >= 15 is 0 Å². The molecule has 0 aliphatic carbocycles. The molecule has 0 amide bonds. The van der Waals surface area contributed by atoms with Crippen LogP contribution in [0.4, 0.5) is 0 Å². The average Bonchev–Trinajstić information content (AvgIpc) is 2.92. The molecule has 0 spiro atoms. The van der Waals surface area contributed by atoms with Crippen molar-refractivity contribution in [3.63, 3.8) is 0 Å². The van der Waals surface area contributed by atoms with Gasteiger partial charge in [0.05, 0.1) is 17.7 Å². The summed E-state index contributed by atoms with van der Waals surface area (Å²) in [7, 11) is 1.95. The smallest absolute Gasteiger partial charge is 0.274 e. The van der Waals surface area contributed by atoms with Crippen molar-refractivity contribution in [3.05, 3.63) is 52.9 Å². The van der Waals surface area contributed by atoms with E-state index in [-0.39, 0.29) is 30.4 Å². The van der Waals surface area contributed by atoms with Crippen LogP contribution in [0.3, 0.4) is 0 Å². The summed E-state index contributed by atoms with van der Waals surface area (Å²) in [5.74, 6) is 0.782. The summed E-state index contributed by atoms with van der Waals surface area (Å²) in [6.07, 6.45) is 3.78. The lowest BCUT2D eigenvalue weighted by atomic mass is 10.3. The zero-order valence-electron chi connectivity index (χ0n) is 13.8. The minimum absolute atomic E-state index is 0. The highest BCUT2D eigenvalue weighted by Gasteiger charge is 2.10. The van der Waals surface area contributed by atoms with E-state index in [1.807, 2.05) is 31.3 Å². The Balaban J connectivity index is 0.00000156. The van der Waals surface area contributed by atoms with Gasteiger partial charge in [-0.3, -0.25) is 4.79 Å². The summed E-state index contributed by atoms with van der Waals surface area (Å²) >= 11 is 1.35. The standard InChI is InChI=1S/C17H19N3O2S.2ClH/c1-18-9-2-3-11-22-14-7-4-6-13(12-14)20-17(21)15-8-5-10-19-16(15)23-20;;/h4-8,10,12,18H,2-3,9,11H2,1H3;2*1H. The van der Waals surface area contributed by atoms with Gasteiger partial charge in [-0.2, -0.15) is 0 Å². The lowest BCUT2D eigenvalue weighted by molar-refractivity contribution is 0.306. The first-order chi connectivity index (χ1) is 11.3. The fraction of sp³-hybridized carbons (Fsp3) is 0.294. The first-order valence-corrected chi connectivity index (χ1v) is 8.42. The Morgan fingerprint density at radius 2 is 2.04 bits per heavy atom. The molecule has 0 fully saturated rings. The van der Waals surface area contributed by atoms with Crippen LogP contribution in [-0.2, 0) is 0 Å². The van der Waals surface area contributed by atoms with Gasteiger partial charge in [0, 0.05) is 12.3 Å². The van der Waals surface area contributed by atoms with Crippen LogP contribution in [-0.4, -0.2) is 29.1 Å². The molecule has 5 nitrogen and oxygen atoms in total. The summed E-state index contributed by atoms with van der Waals surface area (Å²) in [5, 5.41) is 3.77. The maximum Gasteiger partial charge on any atom is 0.274 e. The van der Waals surface area contributed by atoms with E-state index in [4.69, 9.17) is 4.74 Å². The van der Waals surface area contributed by atoms with E-state index in [1.165, 1.54) is 11.5 Å². The third kappa shape index (κ3) is 5.19. The molecule has 0 saturated carbocycles. The molecule has 2 aromatic heterocycles. The number of unbranched alkanes of at least 4 members (excludes halogenated alkanes) is 1. The molecular formula is C17H21Cl2N3O2S. The van der Waals surface area contributed by atoms with Crippen molar-refractivity contribution in [3.8, 4) is 11.4 Å². The number of rotatable bonds is 7. The van der Waals surface area contributed by atoms with Crippen LogP contribution in [0.5, 0.6) is 5.75 Å². The molecule has 0 unspecified atom stereocenters. The van der Waals surface area contributed by atoms with Crippen molar-refractivity contribution in [2.45, 2.75) is 12.8 Å². The molecule has 1 aromatic carbocycles. The number of nitrogens with one attached hydrogen (secondary N) is 1. The largest absolute Gasteiger partial charge is 0.494 e. The van der Waals surface area contributed by atoms with E-state index < -0.39 is 0 Å². The molecule has 8 heteroatoms. The van der Waals surface area contributed by atoms with E-state index in [0.29, 0.717) is 12.0 Å². The molecule has 1 N–H and O–H groups in total. The van der Waals surface area contributed by atoms with Crippen molar-refractivity contribution >= 4 is 46.6 Å². The number of halogens is 2. The van der Waals surface area contributed by atoms with Crippen molar-refractivity contribution in [1.29, 1.82) is 0 Å². The van der Waals surface area contributed by atoms with Crippen molar-refractivity contribution < 1.29 is 4.74 Å². The van der Waals surface area contributed by atoms with Crippen LogP contribution in [0.1, 0.15) is 12.8 Å². The van der Waals surface area contributed by atoms with Crippen molar-refractivity contribution in [2.75, 3.05) is 20.2 Å². The topological polar surface area (TPSA) is 56.1 Å². The van der Waals surface area contributed by atoms with Gasteiger partial charge in [0.25, 0.3) is 5.56 Å². The normalized spacial score (nSPS) is 10.1. The van der Waals surface area contributed by atoms with Crippen LogP contribution in [0.15, 0.2) is 47.4 Å². The number of ether oxygens (including phenoxy) is 1. The highest BCUT2D eigenvalue weighted by molar-refractivity contribution is 7.13. The van der Waals surface area contributed by atoms with Gasteiger partial charge in [0.15, 0.2) is 0 Å². The van der Waals surface area contributed by atoms with E-state index in [0.717, 1.165) is 35.7 Å². The second-order valence-electron chi connectivity index (χ2n) is 5.20. The quantitative estimate of drug-likeness (QED) is 0.613. The van der Waals surface area contributed by atoms with Crippen LogP contribution in [0.25, 0.3) is 15.9 Å². The van der Waals surface area contributed by atoms with E-state index in [9.17, 15) is 4.79 Å². The van der Waals surface area contributed by atoms with E-state index in [1.54, 1.807) is 22.3 Å². The van der Waals surface area contributed by atoms with Crippen molar-refractivity contribution in [2.24, 2.45) is 0 Å². The Labute approximate surface area is 163 Å². The summed E-state index contributed by atoms with van der Waals surface area (Å²) in [6.45, 7) is 1.67. The van der Waals surface area contributed by atoms with Gasteiger partial charge >= 0.3 is 0 Å². The summed E-state index contributed by atoms with van der Waals surface area (Å²) in [4.78, 5) is 17.5. The maximum atomic E-state index is 12.5. The second kappa shape index (κ2) is 10.4. The Kier molecular flexibility index (Phi) is 8.92. The summed E-state index contributed by atoms with van der Waals surface area (Å²) in [6, 6.07) is 11.2. The molecule has 0 aliphatic heterocycles. The number of hydrogen-bond acceptors (Lipinski definition) is 5. The van der Waals surface area contributed by atoms with Gasteiger partial charge in [-0.15, -0.1) is 24.8 Å². The highest BCUT2D eigenvalue weighted by atomic mass is 35.5. The Morgan fingerprint density at radius 3 is 2.80 bits per heavy atom. The molecule has 3 aromatic rings. The van der Waals surface area contributed by atoms with Gasteiger partial charge < -0.3 is 10.1 Å². The Morgan fingerprint density at radius 1 is 1.20 bits per heavy atom. The van der Waals surface area contributed by atoms with Crippen LogP contribution in [0.2, 0.25) is 0 Å². The molecule has 136 valence electrons. The maximum absolute atomic E-state index is 12.5. The number of hydrogen-bond donors (Lipinski definition) is 1. The van der Waals surface area contributed by atoms with Crippen molar-refractivity contribution in [1.82, 2.24) is 14.3 Å². The molecule has 0 radical (unpaired) electrons. The van der Waals surface area contributed by atoms with E-state index in [2.05, 4.69) is 10.3 Å². The summed E-state index contributed by atoms with van der Waals surface area (Å²) in [5.41, 5.74) is 0.773. The SMILES string of the molecule is CNCCCCOc1cccc(-n2sc3ncccc3c2=O)c1.Cl.Cl. The molecule has 0 bridgehead atoms. The molecule has 25 heavy (non-hydrogen) atoms. The first-order valence-electron chi connectivity index (χ1n) is 7.64. The van der Waals surface area contributed by atoms with Crippen LogP contribution >= 0.6 is 36.3 Å². The number of aromatic nitrogens is 2. The molecule has 2 heterocycles. The van der Waals surface area contributed by atoms with Gasteiger partial charge in [0.2, 0.25) is 0 Å². The Bertz CT molecular complexity index is 851. The molecule has 0 aliphatic rings.